The first-order valence-corrected chi connectivity index (χ1v) is 5.41. The Morgan fingerprint density at radius 3 is 1.94 bits per heavy atom. The first-order chi connectivity index (χ1) is 8.21. The van der Waals surface area contributed by atoms with Crippen molar-refractivity contribution in [1.29, 1.82) is 5.26 Å². The van der Waals surface area contributed by atoms with Crippen molar-refractivity contribution in [2.75, 3.05) is 21.3 Å². The molecule has 1 rings (SSSR count). The molecule has 1 aromatic carbocycles. The van der Waals surface area contributed by atoms with Crippen LogP contribution in [0.5, 0.6) is 17.2 Å². The number of ether oxygens (including phenoxy) is 3. The van der Waals surface area contributed by atoms with Gasteiger partial charge in [0.15, 0.2) is 0 Å². The smallest absolute Gasteiger partial charge is 0.130 e. The van der Waals surface area contributed by atoms with Crippen LogP contribution in [-0.4, -0.2) is 21.3 Å². The van der Waals surface area contributed by atoms with Gasteiger partial charge < -0.3 is 14.2 Å². The summed E-state index contributed by atoms with van der Waals surface area (Å²) in [6.45, 7) is 1.96. The number of methoxy groups -OCH3 is 3. The molecule has 92 valence electrons. The Labute approximate surface area is 102 Å². The van der Waals surface area contributed by atoms with E-state index in [0.29, 0.717) is 23.7 Å². The lowest BCUT2D eigenvalue weighted by Gasteiger charge is -2.17. The monoisotopic (exact) mass is 235 g/mol. The molecule has 0 saturated carbocycles. The van der Waals surface area contributed by atoms with E-state index in [1.54, 1.807) is 33.5 Å². The van der Waals surface area contributed by atoms with Crippen molar-refractivity contribution in [2.45, 2.75) is 19.3 Å². The fourth-order valence-electron chi connectivity index (χ4n) is 1.74. The minimum atomic E-state index is -0.245. The van der Waals surface area contributed by atoms with Crippen LogP contribution in [0, 0.1) is 11.3 Å². The second-order valence-electron chi connectivity index (χ2n) is 3.54. The first-order valence-electron chi connectivity index (χ1n) is 5.41. The van der Waals surface area contributed by atoms with Crippen LogP contribution < -0.4 is 14.2 Å². The molecule has 0 saturated heterocycles. The van der Waals surface area contributed by atoms with Crippen molar-refractivity contribution < 1.29 is 14.2 Å². The van der Waals surface area contributed by atoms with E-state index in [0.717, 1.165) is 5.56 Å². The lowest BCUT2D eigenvalue weighted by Crippen LogP contribution is -2.02. The van der Waals surface area contributed by atoms with E-state index in [4.69, 9.17) is 19.5 Å². The van der Waals surface area contributed by atoms with E-state index in [1.807, 2.05) is 6.92 Å². The molecule has 0 aliphatic rings. The Morgan fingerprint density at radius 2 is 1.65 bits per heavy atom. The van der Waals surface area contributed by atoms with Crippen molar-refractivity contribution in [1.82, 2.24) is 0 Å². The number of hydrogen-bond acceptors (Lipinski definition) is 4. The Balaban J connectivity index is 3.39. The SMILES string of the molecule is CCC(C#N)c1c(OC)cc(OC)cc1OC. The van der Waals surface area contributed by atoms with Gasteiger partial charge in [-0.05, 0) is 6.42 Å². The van der Waals surface area contributed by atoms with Crippen molar-refractivity contribution in [3.05, 3.63) is 17.7 Å². The highest BCUT2D eigenvalue weighted by atomic mass is 16.5. The third kappa shape index (κ3) is 2.62. The minimum Gasteiger partial charge on any atom is -0.496 e. The summed E-state index contributed by atoms with van der Waals surface area (Å²) in [7, 11) is 4.72. The van der Waals surface area contributed by atoms with Crippen molar-refractivity contribution in [3.63, 3.8) is 0 Å². The van der Waals surface area contributed by atoms with E-state index >= 15 is 0 Å². The Hall–Kier alpha value is -1.89. The predicted octanol–water partition coefficient (Wildman–Crippen LogP) is 2.73. The molecule has 0 heterocycles. The molecule has 4 nitrogen and oxygen atoms in total. The summed E-state index contributed by atoms with van der Waals surface area (Å²) >= 11 is 0. The molecule has 0 aliphatic carbocycles. The number of nitriles is 1. The quantitative estimate of drug-likeness (QED) is 0.787. The van der Waals surface area contributed by atoms with Gasteiger partial charge in [-0.1, -0.05) is 6.92 Å². The maximum Gasteiger partial charge on any atom is 0.130 e. The second kappa shape index (κ2) is 6.00. The maximum atomic E-state index is 9.15. The van der Waals surface area contributed by atoms with Gasteiger partial charge >= 0.3 is 0 Å². The summed E-state index contributed by atoms with van der Waals surface area (Å²) in [6, 6.07) is 5.78. The van der Waals surface area contributed by atoms with Crippen molar-refractivity contribution in [2.24, 2.45) is 0 Å². The lowest BCUT2D eigenvalue weighted by molar-refractivity contribution is 0.366. The molecule has 4 heteroatoms. The summed E-state index contributed by atoms with van der Waals surface area (Å²) in [5.41, 5.74) is 0.779. The van der Waals surface area contributed by atoms with Crippen LogP contribution in [0.4, 0.5) is 0 Å². The molecule has 0 spiro atoms. The summed E-state index contributed by atoms with van der Waals surface area (Å²) in [5.74, 6) is 1.64. The van der Waals surface area contributed by atoms with Gasteiger partial charge in [0.25, 0.3) is 0 Å². The van der Waals surface area contributed by atoms with E-state index in [1.165, 1.54) is 0 Å². The van der Waals surface area contributed by atoms with Gasteiger partial charge in [-0.25, -0.2) is 0 Å². The van der Waals surface area contributed by atoms with Gasteiger partial charge in [0.05, 0.1) is 38.9 Å². The van der Waals surface area contributed by atoms with Crippen LogP contribution >= 0.6 is 0 Å². The molecule has 0 radical (unpaired) electrons. The molecule has 1 aromatic rings. The highest BCUT2D eigenvalue weighted by molar-refractivity contribution is 5.54. The molecule has 1 unspecified atom stereocenters. The van der Waals surface area contributed by atoms with Crippen LogP contribution in [0.3, 0.4) is 0 Å². The number of hydrogen-bond donors (Lipinski definition) is 0. The third-order valence-corrected chi connectivity index (χ3v) is 2.67. The first kappa shape index (κ1) is 13.2. The van der Waals surface area contributed by atoms with Crippen LogP contribution in [0.2, 0.25) is 0 Å². The molecule has 1 atom stereocenters. The third-order valence-electron chi connectivity index (χ3n) is 2.67. The highest BCUT2D eigenvalue weighted by Gasteiger charge is 2.20. The summed E-state index contributed by atoms with van der Waals surface area (Å²) in [5, 5.41) is 9.15. The van der Waals surface area contributed by atoms with Gasteiger partial charge in [0, 0.05) is 12.1 Å². The van der Waals surface area contributed by atoms with E-state index < -0.39 is 0 Å². The molecular formula is C13H17NO3. The maximum absolute atomic E-state index is 9.15. The number of rotatable bonds is 5. The average Bonchev–Trinajstić information content (AvgIpc) is 2.39. The van der Waals surface area contributed by atoms with Crippen LogP contribution in [0.15, 0.2) is 12.1 Å². The average molecular weight is 235 g/mol. The Kier molecular flexibility index (Phi) is 4.65. The number of benzene rings is 1. The zero-order valence-corrected chi connectivity index (χ0v) is 10.6. The normalized spacial score (nSPS) is 11.5. The van der Waals surface area contributed by atoms with E-state index in [9.17, 15) is 0 Å². The second-order valence-corrected chi connectivity index (χ2v) is 3.54. The number of nitrogens with zero attached hydrogens (tertiary/aromatic N) is 1. The van der Waals surface area contributed by atoms with Crippen molar-refractivity contribution in [3.8, 4) is 23.3 Å². The molecule has 0 aliphatic heterocycles. The fraction of sp³-hybridized carbons (Fsp3) is 0.462. The largest absolute Gasteiger partial charge is 0.496 e. The molecular weight excluding hydrogens is 218 g/mol. The van der Waals surface area contributed by atoms with Gasteiger partial charge in [0.2, 0.25) is 0 Å². The zero-order chi connectivity index (χ0) is 12.8. The lowest BCUT2D eigenvalue weighted by atomic mass is 9.95. The standard InChI is InChI=1S/C13H17NO3/c1-5-9(8-14)13-11(16-3)6-10(15-2)7-12(13)17-4/h6-7,9H,5H2,1-4H3. The highest BCUT2D eigenvalue weighted by Crippen LogP contribution is 2.39. The minimum absolute atomic E-state index is 0.245. The fourth-order valence-corrected chi connectivity index (χ4v) is 1.74. The van der Waals surface area contributed by atoms with Crippen LogP contribution in [0.25, 0.3) is 0 Å². The molecule has 0 fully saturated rings. The molecule has 17 heavy (non-hydrogen) atoms. The molecule has 0 bridgehead atoms. The van der Waals surface area contributed by atoms with Gasteiger partial charge in [-0.3, -0.25) is 0 Å². The van der Waals surface area contributed by atoms with Gasteiger partial charge in [-0.2, -0.15) is 5.26 Å². The summed E-state index contributed by atoms with van der Waals surface area (Å²) < 4.78 is 15.8. The van der Waals surface area contributed by atoms with Gasteiger partial charge in [0.1, 0.15) is 17.2 Å². The molecule has 0 N–H and O–H groups in total. The molecule has 0 amide bonds. The summed E-state index contributed by atoms with van der Waals surface area (Å²) in [6.07, 6.45) is 0.704. The predicted molar refractivity (Wildman–Crippen MR) is 64.7 cm³/mol. The summed E-state index contributed by atoms with van der Waals surface area (Å²) in [4.78, 5) is 0. The topological polar surface area (TPSA) is 51.5 Å². The van der Waals surface area contributed by atoms with Crippen molar-refractivity contribution >= 4 is 0 Å². The van der Waals surface area contributed by atoms with E-state index in [2.05, 4.69) is 6.07 Å². The Bertz CT molecular complexity index is 398. The van der Waals surface area contributed by atoms with Crippen LogP contribution in [0.1, 0.15) is 24.8 Å². The Morgan fingerprint density at radius 1 is 1.12 bits per heavy atom. The van der Waals surface area contributed by atoms with Gasteiger partial charge in [-0.15, -0.1) is 0 Å². The van der Waals surface area contributed by atoms with Crippen LogP contribution in [-0.2, 0) is 0 Å². The zero-order valence-electron chi connectivity index (χ0n) is 10.6. The van der Waals surface area contributed by atoms with E-state index in [-0.39, 0.29) is 5.92 Å². The molecule has 0 aromatic heterocycles.